The molecule has 0 aliphatic carbocycles. The summed E-state index contributed by atoms with van der Waals surface area (Å²) in [7, 11) is 3.12. The Morgan fingerprint density at radius 2 is 1.61 bits per heavy atom. The van der Waals surface area contributed by atoms with Gasteiger partial charge in [-0.3, -0.25) is 9.59 Å². The highest BCUT2D eigenvalue weighted by Gasteiger charge is 2.21. The van der Waals surface area contributed by atoms with E-state index in [1.54, 1.807) is 37.4 Å². The van der Waals surface area contributed by atoms with E-state index in [9.17, 15) is 14.4 Å². The molecule has 0 unspecified atom stereocenters. The van der Waals surface area contributed by atoms with Gasteiger partial charge in [-0.2, -0.15) is 0 Å². The molecule has 0 saturated heterocycles. The van der Waals surface area contributed by atoms with Crippen LogP contribution in [0.4, 0.5) is 5.69 Å². The van der Waals surface area contributed by atoms with Crippen molar-refractivity contribution in [2.75, 3.05) is 26.1 Å². The largest absolute Gasteiger partial charge is 0.495 e. The second-order valence-electron chi connectivity index (χ2n) is 7.16. The molecule has 0 fully saturated rings. The van der Waals surface area contributed by atoms with E-state index in [0.29, 0.717) is 23.0 Å². The van der Waals surface area contributed by atoms with Gasteiger partial charge in [0.05, 0.1) is 23.9 Å². The number of methoxy groups -OCH3 is 1. The first kappa shape index (κ1) is 23.8. The van der Waals surface area contributed by atoms with Gasteiger partial charge in [0, 0.05) is 18.6 Å². The lowest BCUT2D eigenvalue weighted by Gasteiger charge is -2.19. The second-order valence-corrected chi connectivity index (χ2v) is 7.60. The van der Waals surface area contributed by atoms with Crippen molar-refractivity contribution in [2.24, 2.45) is 0 Å². The van der Waals surface area contributed by atoms with Gasteiger partial charge in [-0.05, 0) is 35.9 Å². The van der Waals surface area contributed by atoms with Crippen molar-refractivity contribution in [3.05, 3.63) is 94.5 Å². The topological polar surface area (TPSA) is 84.9 Å². The van der Waals surface area contributed by atoms with Crippen molar-refractivity contribution in [3.8, 4) is 5.75 Å². The summed E-state index contributed by atoms with van der Waals surface area (Å²) in [6.45, 7) is -0.163. The molecule has 3 aromatic carbocycles. The molecule has 0 atom stereocenters. The Balaban J connectivity index is 1.65. The van der Waals surface area contributed by atoms with Gasteiger partial charge in [0.1, 0.15) is 5.75 Å². The fourth-order valence-corrected chi connectivity index (χ4v) is 3.33. The van der Waals surface area contributed by atoms with Crippen molar-refractivity contribution >= 4 is 35.1 Å². The van der Waals surface area contributed by atoms with Crippen LogP contribution in [0.1, 0.15) is 26.3 Å². The molecule has 0 bridgehead atoms. The zero-order chi connectivity index (χ0) is 23.8. The van der Waals surface area contributed by atoms with E-state index in [2.05, 4.69) is 5.32 Å². The van der Waals surface area contributed by atoms with Crippen LogP contribution in [-0.2, 0) is 16.1 Å². The highest BCUT2D eigenvalue weighted by Crippen LogP contribution is 2.27. The van der Waals surface area contributed by atoms with Crippen LogP contribution in [0.15, 0.2) is 72.8 Å². The Labute approximate surface area is 196 Å². The molecular weight excluding hydrogens is 444 g/mol. The zero-order valence-corrected chi connectivity index (χ0v) is 19.0. The van der Waals surface area contributed by atoms with E-state index in [1.165, 1.54) is 24.1 Å². The molecule has 0 aliphatic rings. The lowest BCUT2D eigenvalue weighted by molar-refractivity contribution is -0.119. The van der Waals surface area contributed by atoms with E-state index >= 15 is 0 Å². The lowest BCUT2D eigenvalue weighted by Crippen LogP contribution is -2.28. The average molecular weight is 467 g/mol. The molecule has 3 rings (SSSR count). The zero-order valence-electron chi connectivity index (χ0n) is 18.2. The number of halogens is 1. The maximum Gasteiger partial charge on any atom is 0.339 e. The monoisotopic (exact) mass is 466 g/mol. The number of esters is 1. The van der Waals surface area contributed by atoms with Crippen LogP contribution in [0, 0.1) is 0 Å². The molecule has 33 heavy (non-hydrogen) atoms. The first-order chi connectivity index (χ1) is 15.9. The van der Waals surface area contributed by atoms with Crippen LogP contribution in [-0.4, -0.2) is 43.4 Å². The third kappa shape index (κ3) is 6.33. The van der Waals surface area contributed by atoms with E-state index in [-0.39, 0.29) is 17.0 Å². The molecular formula is C25H23ClN2O5. The maximum atomic E-state index is 13.0. The molecule has 0 heterocycles. The van der Waals surface area contributed by atoms with Crippen LogP contribution in [0.3, 0.4) is 0 Å². The Kier molecular flexibility index (Phi) is 8.05. The van der Waals surface area contributed by atoms with Gasteiger partial charge >= 0.3 is 5.97 Å². The van der Waals surface area contributed by atoms with Crippen LogP contribution in [0.2, 0.25) is 5.02 Å². The first-order valence-corrected chi connectivity index (χ1v) is 10.5. The predicted molar refractivity (Wildman–Crippen MR) is 126 cm³/mol. The normalized spacial score (nSPS) is 10.3. The Morgan fingerprint density at radius 3 is 2.30 bits per heavy atom. The second kappa shape index (κ2) is 11.2. The Hall–Kier alpha value is -3.84. The van der Waals surface area contributed by atoms with E-state index in [0.717, 1.165) is 5.56 Å². The maximum absolute atomic E-state index is 13.0. The van der Waals surface area contributed by atoms with Crippen molar-refractivity contribution in [1.29, 1.82) is 0 Å². The molecule has 170 valence electrons. The highest BCUT2D eigenvalue weighted by atomic mass is 35.5. The summed E-state index contributed by atoms with van der Waals surface area (Å²) >= 11 is 5.96. The number of anilines is 1. The number of amides is 2. The van der Waals surface area contributed by atoms with Gasteiger partial charge in [-0.15, -0.1) is 0 Å². The van der Waals surface area contributed by atoms with Gasteiger partial charge in [-0.1, -0.05) is 54.1 Å². The summed E-state index contributed by atoms with van der Waals surface area (Å²) < 4.78 is 10.3. The minimum absolute atomic E-state index is 0.0792. The van der Waals surface area contributed by atoms with E-state index in [4.69, 9.17) is 21.1 Å². The average Bonchev–Trinajstić information content (AvgIpc) is 2.83. The molecule has 3 aromatic rings. The number of benzene rings is 3. The molecule has 2 amide bonds. The van der Waals surface area contributed by atoms with Gasteiger partial charge in [-0.25, -0.2) is 4.79 Å². The van der Waals surface area contributed by atoms with Gasteiger partial charge < -0.3 is 19.7 Å². The standard InChI is InChI=1S/C25H23ClN2O5/c1-28(15-17-8-4-3-5-9-17)24(30)19-10-6-7-11-20(19)25(31)33-16-23(29)27-21-14-18(26)12-13-22(21)32-2/h3-14H,15-16H2,1-2H3,(H,27,29). The van der Waals surface area contributed by atoms with Crippen molar-refractivity contribution in [3.63, 3.8) is 0 Å². The van der Waals surface area contributed by atoms with Gasteiger partial charge in [0.15, 0.2) is 6.61 Å². The fraction of sp³-hybridized carbons (Fsp3) is 0.160. The molecule has 0 spiro atoms. The number of rotatable bonds is 8. The van der Waals surface area contributed by atoms with E-state index < -0.39 is 18.5 Å². The summed E-state index contributed by atoms with van der Waals surface area (Å²) in [5.74, 6) is -1.27. The number of ether oxygens (including phenoxy) is 2. The summed E-state index contributed by atoms with van der Waals surface area (Å²) in [6, 6.07) is 20.6. The third-order valence-electron chi connectivity index (χ3n) is 4.76. The smallest absolute Gasteiger partial charge is 0.339 e. The summed E-state index contributed by atoms with van der Waals surface area (Å²) in [5, 5.41) is 3.00. The molecule has 1 N–H and O–H groups in total. The lowest BCUT2D eigenvalue weighted by atomic mass is 10.1. The first-order valence-electron chi connectivity index (χ1n) is 10.1. The quantitative estimate of drug-likeness (QED) is 0.497. The molecule has 0 aromatic heterocycles. The number of carbonyl (C=O) groups excluding carboxylic acids is 3. The number of hydrogen-bond donors (Lipinski definition) is 1. The van der Waals surface area contributed by atoms with Crippen LogP contribution >= 0.6 is 11.6 Å². The van der Waals surface area contributed by atoms with Gasteiger partial charge in [0.25, 0.3) is 11.8 Å². The van der Waals surface area contributed by atoms with Crippen molar-refractivity contribution < 1.29 is 23.9 Å². The number of nitrogens with zero attached hydrogens (tertiary/aromatic N) is 1. The minimum Gasteiger partial charge on any atom is -0.495 e. The Morgan fingerprint density at radius 1 is 0.939 bits per heavy atom. The minimum atomic E-state index is -0.778. The van der Waals surface area contributed by atoms with E-state index in [1.807, 2.05) is 30.3 Å². The number of hydrogen-bond acceptors (Lipinski definition) is 5. The van der Waals surface area contributed by atoms with Gasteiger partial charge in [0.2, 0.25) is 0 Å². The number of nitrogens with one attached hydrogen (secondary N) is 1. The molecule has 0 radical (unpaired) electrons. The Bertz CT molecular complexity index is 1150. The predicted octanol–water partition coefficient (Wildman–Crippen LogP) is 4.42. The summed E-state index contributed by atoms with van der Waals surface area (Å²) in [4.78, 5) is 39.4. The summed E-state index contributed by atoms with van der Waals surface area (Å²) in [6.07, 6.45) is 0. The number of carbonyl (C=O) groups is 3. The van der Waals surface area contributed by atoms with Crippen molar-refractivity contribution in [2.45, 2.75) is 6.54 Å². The van der Waals surface area contributed by atoms with Crippen molar-refractivity contribution in [1.82, 2.24) is 4.90 Å². The molecule has 0 aliphatic heterocycles. The summed E-state index contributed by atoms with van der Waals surface area (Å²) in [5.41, 5.74) is 1.58. The third-order valence-corrected chi connectivity index (χ3v) is 4.99. The fourth-order valence-electron chi connectivity index (χ4n) is 3.16. The van der Waals surface area contributed by atoms with Crippen LogP contribution < -0.4 is 10.1 Å². The molecule has 0 saturated carbocycles. The SMILES string of the molecule is COc1ccc(Cl)cc1NC(=O)COC(=O)c1ccccc1C(=O)N(C)Cc1ccccc1. The molecule has 8 heteroatoms. The van der Waals surface area contributed by atoms with Crippen LogP contribution in [0.5, 0.6) is 5.75 Å². The highest BCUT2D eigenvalue weighted by molar-refractivity contribution is 6.31. The van der Waals surface area contributed by atoms with Crippen LogP contribution in [0.25, 0.3) is 0 Å². The molecule has 7 nitrogen and oxygen atoms in total.